The summed E-state index contributed by atoms with van der Waals surface area (Å²) in [6.45, 7) is 1.69. The molecule has 0 saturated heterocycles. The fraction of sp³-hybridized carbons (Fsp3) is 0.400. The van der Waals surface area contributed by atoms with Gasteiger partial charge in [-0.15, -0.1) is 12.4 Å². The van der Waals surface area contributed by atoms with E-state index in [0.29, 0.717) is 0 Å². The van der Waals surface area contributed by atoms with E-state index < -0.39 is 6.43 Å². The minimum atomic E-state index is -2.35. The molecule has 0 saturated carbocycles. The van der Waals surface area contributed by atoms with Gasteiger partial charge in [0.2, 0.25) is 0 Å². The maximum absolute atomic E-state index is 12.3. The normalized spacial score (nSPS) is 14.8. The first-order valence-electron chi connectivity index (χ1n) is 4.38. The highest BCUT2D eigenvalue weighted by atomic mass is 35.5. The quantitative estimate of drug-likeness (QED) is 0.766. The predicted molar refractivity (Wildman–Crippen MR) is 54.1 cm³/mol. The molecular formula is C10H12ClF2N. The molecule has 0 aromatic heterocycles. The highest BCUT2D eigenvalue weighted by molar-refractivity contribution is 5.85. The molecule has 1 aliphatic heterocycles. The molecule has 0 bridgehead atoms. The Morgan fingerprint density at radius 1 is 1.21 bits per heavy atom. The first-order valence-corrected chi connectivity index (χ1v) is 4.38. The minimum Gasteiger partial charge on any atom is -0.312 e. The smallest absolute Gasteiger partial charge is 0.263 e. The molecule has 0 aliphatic carbocycles. The van der Waals surface area contributed by atoms with Crippen LogP contribution in [0.15, 0.2) is 18.2 Å². The van der Waals surface area contributed by atoms with E-state index in [-0.39, 0.29) is 18.0 Å². The summed E-state index contributed by atoms with van der Waals surface area (Å²) >= 11 is 0. The van der Waals surface area contributed by atoms with E-state index in [1.807, 2.05) is 0 Å². The minimum absolute atomic E-state index is 0. The van der Waals surface area contributed by atoms with Crippen molar-refractivity contribution in [3.63, 3.8) is 0 Å². The lowest BCUT2D eigenvalue weighted by Gasteiger charge is -2.17. The van der Waals surface area contributed by atoms with E-state index in [9.17, 15) is 8.78 Å². The Labute approximate surface area is 87.9 Å². The first kappa shape index (κ1) is 11.4. The number of hydrogen-bond acceptors (Lipinski definition) is 1. The molecule has 0 radical (unpaired) electrons. The topological polar surface area (TPSA) is 12.0 Å². The van der Waals surface area contributed by atoms with Crippen LogP contribution in [-0.2, 0) is 13.0 Å². The Kier molecular flexibility index (Phi) is 3.84. The number of hydrogen-bond donors (Lipinski definition) is 1. The van der Waals surface area contributed by atoms with E-state index in [4.69, 9.17) is 0 Å². The standard InChI is InChI=1S/C10H11F2N.ClH/c11-10(12)8-1-2-9-6-13-4-3-7(9)5-8;/h1-2,5,10,13H,3-4,6H2;1H. The summed E-state index contributed by atoms with van der Waals surface area (Å²) in [7, 11) is 0. The van der Waals surface area contributed by atoms with Crippen LogP contribution in [0.2, 0.25) is 0 Å². The molecule has 0 unspecified atom stereocenters. The molecule has 4 heteroatoms. The van der Waals surface area contributed by atoms with Crippen LogP contribution in [-0.4, -0.2) is 6.54 Å². The fourth-order valence-electron chi connectivity index (χ4n) is 1.63. The van der Waals surface area contributed by atoms with E-state index >= 15 is 0 Å². The number of alkyl halides is 2. The van der Waals surface area contributed by atoms with Crippen molar-refractivity contribution in [2.75, 3.05) is 6.54 Å². The molecule has 0 amide bonds. The molecular weight excluding hydrogens is 208 g/mol. The number of benzene rings is 1. The van der Waals surface area contributed by atoms with E-state index in [2.05, 4.69) is 5.32 Å². The van der Waals surface area contributed by atoms with E-state index in [1.165, 1.54) is 6.07 Å². The van der Waals surface area contributed by atoms with Crippen LogP contribution >= 0.6 is 12.4 Å². The van der Waals surface area contributed by atoms with Gasteiger partial charge in [0.05, 0.1) is 0 Å². The van der Waals surface area contributed by atoms with Gasteiger partial charge in [-0.2, -0.15) is 0 Å². The number of nitrogens with one attached hydrogen (secondary N) is 1. The lowest BCUT2D eigenvalue weighted by Crippen LogP contribution is -2.23. The van der Waals surface area contributed by atoms with E-state index in [0.717, 1.165) is 30.6 Å². The number of fused-ring (bicyclic) bond motifs is 1. The van der Waals surface area contributed by atoms with Crippen LogP contribution in [0.4, 0.5) is 8.78 Å². The van der Waals surface area contributed by atoms with Crippen molar-refractivity contribution in [1.29, 1.82) is 0 Å². The van der Waals surface area contributed by atoms with Crippen molar-refractivity contribution < 1.29 is 8.78 Å². The van der Waals surface area contributed by atoms with Gasteiger partial charge in [-0.25, -0.2) is 8.78 Å². The monoisotopic (exact) mass is 219 g/mol. The van der Waals surface area contributed by atoms with Gasteiger partial charge in [-0.3, -0.25) is 0 Å². The van der Waals surface area contributed by atoms with Crippen LogP contribution < -0.4 is 5.32 Å². The van der Waals surface area contributed by atoms with Crippen LogP contribution in [0.5, 0.6) is 0 Å². The van der Waals surface area contributed by atoms with Gasteiger partial charge in [-0.05, 0) is 30.2 Å². The molecule has 0 atom stereocenters. The zero-order chi connectivity index (χ0) is 9.26. The number of rotatable bonds is 1. The summed E-state index contributed by atoms with van der Waals surface area (Å²) in [6.07, 6.45) is -1.49. The Bertz CT molecular complexity index is 315. The summed E-state index contributed by atoms with van der Waals surface area (Å²) < 4.78 is 24.6. The van der Waals surface area contributed by atoms with Crippen LogP contribution in [0.1, 0.15) is 23.1 Å². The molecule has 1 aromatic carbocycles. The lowest BCUT2D eigenvalue weighted by molar-refractivity contribution is 0.151. The molecule has 0 fully saturated rings. The average molecular weight is 220 g/mol. The second kappa shape index (κ2) is 4.71. The SMILES string of the molecule is Cl.FC(F)c1ccc2c(c1)CCNC2. The molecule has 78 valence electrons. The Morgan fingerprint density at radius 2 is 2.00 bits per heavy atom. The van der Waals surface area contributed by atoms with E-state index in [1.54, 1.807) is 12.1 Å². The molecule has 1 aromatic rings. The Balaban J connectivity index is 0.000000980. The zero-order valence-corrected chi connectivity index (χ0v) is 8.41. The Hall–Kier alpha value is -0.670. The summed E-state index contributed by atoms with van der Waals surface area (Å²) in [4.78, 5) is 0. The fourth-order valence-corrected chi connectivity index (χ4v) is 1.63. The van der Waals surface area contributed by atoms with Gasteiger partial charge < -0.3 is 5.32 Å². The molecule has 1 heterocycles. The second-order valence-corrected chi connectivity index (χ2v) is 3.26. The van der Waals surface area contributed by atoms with Crippen molar-refractivity contribution in [3.8, 4) is 0 Å². The zero-order valence-electron chi connectivity index (χ0n) is 7.59. The highest BCUT2D eigenvalue weighted by Gasteiger charge is 2.12. The average Bonchev–Trinajstić information content (AvgIpc) is 2.17. The van der Waals surface area contributed by atoms with Gasteiger partial charge >= 0.3 is 0 Å². The van der Waals surface area contributed by atoms with Gasteiger partial charge in [0.25, 0.3) is 6.43 Å². The Morgan fingerprint density at radius 3 is 2.71 bits per heavy atom. The molecule has 0 spiro atoms. The third-order valence-electron chi connectivity index (χ3n) is 2.37. The predicted octanol–water partition coefficient (Wildman–Crippen LogP) is 2.69. The lowest BCUT2D eigenvalue weighted by atomic mass is 9.99. The van der Waals surface area contributed by atoms with Crippen molar-refractivity contribution in [2.45, 2.75) is 19.4 Å². The van der Waals surface area contributed by atoms with Crippen LogP contribution in [0.3, 0.4) is 0 Å². The maximum Gasteiger partial charge on any atom is 0.263 e. The summed E-state index contributed by atoms with van der Waals surface area (Å²) in [5, 5.41) is 3.20. The largest absolute Gasteiger partial charge is 0.312 e. The second-order valence-electron chi connectivity index (χ2n) is 3.26. The van der Waals surface area contributed by atoms with Gasteiger partial charge in [0, 0.05) is 12.1 Å². The molecule has 1 nitrogen and oxygen atoms in total. The van der Waals surface area contributed by atoms with Crippen molar-refractivity contribution in [2.24, 2.45) is 0 Å². The van der Waals surface area contributed by atoms with Gasteiger partial charge in [0.1, 0.15) is 0 Å². The maximum atomic E-state index is 12.3. The summed E-state index contributed by atoms with van der Waals surface area (Å²) in [6, 6.07) is 4.93. The molecule has 14 heavy (non-hydrogen) atoms. The summed E-state index contributed by atoms with van der Waals surface area (Å²) in [5.74, 6) is 0. The van der Waals surface area contributed by atoms with Gasteiger partial charge in [0.15, 0.2) is 0 Å². The van der Waals surface area contributed by atoms with Crippen molar-refractivity contribution in [1.82, 2.24) is 5.32 Å². The highest BCUT2D eigenvalue weighted by Crippen LogP contribution is 2.23. The van der Waals surface area contributed by atoms with Crippen molar-refractivity contribution in [3.05, 3.63) is 34.9 Å². The third kappa shape index (κ3) is 2.22. The molecule has 1 aliphatic rings. The van der Waals surface area contributed by atoms with Crippen molar-refractivity contribution >= 4 is 12.4 Å². The molecule has 1 N–H and O–H groups in total. The first-order chi connectivity index (χ1) is 6.27. The summed E-state index contributed by atoms with van der Waals surface area (Å²) in [5.41, 5.74) is 2.35. The molecule has 2 rings (SSSR count). The third-order valence-corrected chi connectivity index (χ3v) is 2.37. The van der Waals surface area contributed by atoms with Crippen LogP contribution in [0.25, 0.3) is 0 Å². The number of halogens is 3. The van der Waals surface area contributed by atoms with Gasteiger partial charge in [-0.1, -0.05) is 12.1 Å². The van der Waals surface area contributed by atoms with Crippen LogP contribution in [0, 0.1) is 0 Å².